The van der Waals surface area contributed by atoms with Crippen molar-refractivity contribution in [2.24, 2.45) is 7.05 Å². The quantitative estimate of drug-likeness (QED) is 0.232. The normalized spacial score (nSPS) is 20.1. The van der Waals surface area contributed by atoms with Gasteiger partial charge in [0, 0.05) is 55.2 Å². The van der Waals surface area contributed by atoms with Gasteiger partial charge >= 0.3 is 12.1 Å². The molecule has 2 unspecified atom stereocenters. The molecule has 1 saturated carbocycles. The van der Waals surface area contributed by atoms with Gasteiger partial charge in [-0.2, -0.15) is 13.2 Å². The van der Waals surface area contributed by atoms with Crippen molar-refractivity contribution in [3.05, 3.63) is 89.0 Å². The average Bonchev–Trinajstić information content (AvgIpc) is 3.44. The third-order valence-electron chi connectivity index (χ3n) is 8.82. The summed E-state index contributed by atoms with van der Waals surface area (Å²) in [7, 11) is 1.76. The van der Waals surface area contributed by atoms with Gasteiger partial charge in [-0.25, -0.2) is 4.79 Å². The summed E-state index contributed by atoms with van der Waals surface area (Å²) in [6.07, 6.45) is 3.47. The van der Waals surface area contributed by atoms with E-state index in [1.165, 1.54) is 24.3 Å². The molecule has 1 N–H and O–H groups in total. The number of carboxylic acid groups (broad SMARTS) is 1. The maximum absolute atomic E-state index is 14.8. The largest absolute Gasteiger partial charge is 0.478 e. The Morgan fingerprint density at radius 2 is 1.84 bits per heavy atom. The number of amides is 1. The maximum Gasteiger partial charge on any atom is 0.417 e. The number of carbonyl (C=O) groups is 2. The van der Waals surface area contributed by atoms with Crippen LogP contribution in [-0.4, -0.2) is 54.0 Å². The number of carboxylic acids is 1. The molecule has 2 aromatic heterocycles. The van der Waals surface area contributed by atoms with Gasteiger partial charge in [0.2, 0.25) is 0 Å². The Morgan fingerprint density at radius 1 is 1.05 bits per heavy atom. The first-order valence-corrected chi connectivity index (χ1v) is 15.0. The van der Waals surface area contributed by atoms with Crippen molar-refractivity contribution in [1.82, 2.24) is 24.5 Å². The number of hydrogen-bond acceptors (Lipinski definition) is 4. The highest BCUT2D eigenvalue weighted by molar-refractivity contribution is 5.98. The van der Waals surface area contributed by atoms with Gasteiger partial charge in [-0.1, -0.05) is 42.8 Å². The summed E-state index contributed by atoms with van der Waals surface area (Å²) in [5.74, 6) is -1.81. The lowest BCUT2D eigenvalue weighted by Crippen LogP contribution is -2.44. The lowest BCUT2D eigenvalue weighted by atomic mass is 9.92. The van der Waals surface area contributed by atoms with Crippen molar-refractivity contribution in [2.75, 3.05) is 6.54 Å². The van der Waals surface area contributed by atoms with Crippen molar-refractivity contribution >= 4 is 11.9 Å². The zero-order chi connectivity index (χ0) is 31.2. The number of hydrogen-bond donors (Lipinski definition) is 1. The summed E-state index contributed by atoms with van der Waals surface area (Å²) in [6, 6.07) is 12.2. The Hall–Kier alpha value is -4.41. The fourth-order valence-corrected chi connectivity index (χ4v) is 6.74. The van der Waals surface area contributed by atoms with Crippen LogP contribution >= 0.6 is 0 Å². The first-order chi connectivity index (χ1) is 21.1. The van der Waals surface area contributed by atoms with Crippen molar-refractivity contribution in [1.29, 1.82) is 0 Å². The number of halogens is 3. The molecule has 6 rings (SSSR count). The van der Waals surface area contributed by atoms with Gasteiger partial charge in [-0.05, 0) is 67.5 Å². The zero-order valence-electron chi connectivity index (χ0n) is 24.6. The molecule has 3 atom stereocenters. The molecule has 1 aliphatic carbocycles. The molecule has 2 aromatic carbocycles. The third-order valence-corrected chi connectivity index (χ3v) is 8.82. The van der Waals surface area contributed by atoms with Crippen LogP contribution in [0.2, 0.25) is 0 Å². The van der Waals surface area contributed by atoms with Crippen LogP contribution in [0.3, 0.4) is 0 Å². The lowest BCUT2D eigenvalue weighted by molar-refractivity contribution is -0.137. The molecule has 11 heteroatoms. The minimum atomic E-state index is -4.78. The van der Waals surface area contributed by atoms with E-state index < -0.39 is 23.6 Å². The highest BCUT2D eigenvalue weighted by atomic mass is 19.4. The molecule has 2 fully saturated rings. The number of alkyl halides is 3. The molecule has 2 aliphatic rings. The van der Waals surface area contributed by atoms with Crippen LogP contribution in [-0.2, 0) is 13.2 Å². The number of nitrogens with zero attached hydrogens (tertiary/aromatic N) is 5. The van der Waals surface area contributed by atoms with Gasteiger partial charge in [-0.3, -0.25) is 9.48 Å². The van der Waals surface area contributed by atoms with Crippen LogP contribution in [0.5, 0.6) is 0 Å². The number of benzene rings is 2. The van der Waals surface area contributed by atoms with E-state index in [9.17, 15) is 27.9 Å². The number of aromatic carboxylic acids is 1. The molecular weight excluding hydrogens is 571 g/mol. The molecule has 3 heterocycles. The SMILES string of the molecule is CCC[C@@H]1CCCCN1C(=O)c1cccc(-c2cccc(-n3ccc(C(=O)O)c3C3CC3c3cn(C)nn3)c2)c1C(F)(F)F. The lowest BCUT2D eigenvalue weighted by Gasteiger charge is -2.36. The second kappa shape index (κ2) is 11.6. The highest BCUT2D eigenvalue weighted by Gasteiger charge is 2.45. The molecule has 1 amide bonds. The van der Waals surface area contributed by atoms with E-state index in [1.807, 2.05) is 6.92 Å². The predicted octanol–water partition coefficient (Wildman–Crippen LogP) is 7.06. The van der Waals surface area contributed by atoms with E-state index >= 15 is 0 Å². The van der Waals surface area contributed by atoms with Crippen molar-refractivity contribution in [3.8, 4) is 16.8 Å². The van der Waals surface area contributed by atoms with Crippen LogP contribution < -0.4 is 0 Å². The van der Waals surface area contributed by atoms with Gasteiger partial charge in [0.15, 0.2) is 0 Å². The second-order valence-corrected chi connectivity index (χ2v) is 11.8. The Labute approximate surface area is 253 Å². The van der Waals surface area contributed by atoms with Gasteiger partial charge in [0.25, 0.3) is 5.91 Å². The van der Waals surface area contributed by atoms with E-state index in [0.29, 0.717) is 24.3 Å². The Kier molecular flexibility index (Phi) is 7.81. The second-order valence-electron chi connectivity index (χ2n) is 11.8. The molecular formula is C33H34F3N5O3. The number of aromatic nitrogens is 4. The van der Waals surface area contributed by atoms with E-state index in [0.717, 1.165) is 37.8 Å². The van der Waals surface area contributed by atoms with E-state index in [4.69, 9.17) is 0 Å². The van der Waals surface area contributed by atoms with Crippen LogP contribution in [0.4, 0.5) is 13.2 Å². The topological polar surface area (TPSA) is 93.2 Å². The minimum absolute atomic E-state index is 0.00974. The molecule has 1 saturated heterocycles. The summed E-state index contributed by atoms with van der Waals surface area (Å²) in [5, 5.41) is 18.1. The van der Waals surface area contributed by atoms with Crippen molar-refractivity contribution in [2.45, 2.75) is 69.5 Å². The smallest absolute Gasteiger partial charge is 0.417 e. The van der Waals surface area contributed by atoms with Gasteiger partial charge in [-0.15, -0.1) is 5.10 Å². The fourth-order valence-electron chi connectivity index (χ4n) is 6.74. The van der Waals surface area contributed by atoms with Gasteiger partial charge in [0.05, 0.1) is 22.4 Å². The number of aryl methyl sites for hydroxylation is 1. The molecule has 4 aromatic rings. The molecule has 0 spiro atoms. The molecule has 1 aliphatic heterocycles. The summed E-state index contributed by atoms with van der Waals surface area (Å²) >= 11 is 0. The molecule has 0 bridgehead atoms. The zero-order valence-corrected chi connectivity index (χ0v) is 24.6. The van der Waals surface area contributed by atoms with E-state index in [-0.39, 0.29) is 40.1 Å². The summed E-state index contributed by atoms with van der Waals surface area (Å²) < 4.78 is 47.8. The Balaban J connectivity index is 1.41. The number of piperidine rings is 1. The van der Waals surface area contributed by atoms with Crippen LogP contribution in [0.1, 0.15) is 95.0 Å². The monoisotopic (exact) mass is 605 g/mol. The van der Waals surface area contributed by atoms with Gasteiger partial charge in [0.1, 0.15) is 0 Å². The minimum Gasteiger partial charge on any atom is -0.478 e. The molecule has 44 heavy (non-hydrogen) atoms. The standard InChI is InChI=1S/C33H34F3N5O3/c1-3-8-21-10-4-5-15-41(21)31(42)24-13-7-12-23(29(24)33(34,35)36)20-9-6-11-22(17-20)40-16-14-25(32(43)44)30(40)27-18-26(27)28-19-39(2)38-37-28/h6-7,9,11-14,16-17,19,21,26-27H,3-5,8,10,15,18H2,1-2H3,(H,43,44)/t21-,26?,27?/m1/s1. The predicted molar refractivity (Wildman–Crippen MR) is 158 cm³/mol. The van der Waals surface area contributed by atoms with Crippen LogP contribution in [0.15, 0.2) is 60.9 Å². The molecule has 230 valence electrons. The molecule has 8 nitrogen and oxygen atoms in total. The number of carbonyl (C=O) groups excluding carboxylic acids is 1. The Bertz CT molecular complexity index is 1710. The summed E-state index contributed by atoms with van der Waals surface area (Å²) in [6.45, 7) is 2.46. The summed E-state index contributed by atoms with van der Waals surface area (Å²) in [5.41, 5.74) is 0.891. The van der Waals surface area contributed by atoms with Crippen molar-refractivity contribution in [3.63, 3.8) is 0 Å². The van der Waals surface area contributed by atoms with E-state index in [1.54, 1.807) is 57.9 Å². The number of likely N-dealkylation sites (tertiary alicyclic amines) is 1. The average molecular weight is 606 g/mol. The third kappa shape index (κ3) is 5.51. The van der Waals surface area contributed by atoms with Crippen LogP contribution in [0, 0.1) is 0 Å². The van der Waals surface area contributed by atoms with E-state index in [2.05, 4.69) is 10.3 Å². The Morgan fingerprint density at radius 3 is 2.55 bits per heavy atom. The van der Waals surface area contributed by atoms with Gasteiger partial charge < -0.3 is 14.6 Å². The first kappa shape index (κ1) is 29.7. The fraction of sp³-hybridized carbons (Fsp3) is 0.394. The highest BCUT2D eigenvalue weighted by Crippen LogP contribution is 2.55. The molecule has 0 radical (unpaired) electrons. The first-order valence-electron chi connectivity index (χ1n) is 15.0. The number of rotatable bonds is 8. The van der Waals surface area contributed by atoms with Crippen LogP contribution in [0.25, 0.3) is 16.8 Å². The summed E-state index contributed by atoms with van der Waals surface area (Å²) in [4.78, 5) is 27.5. The van der Waals surface area contributed by atoms with Crippen molar-refractivity contribution < 1.29 is 27.9 Å². The maximum atomic E-state index is 14.8.